The number of hydrogen-bond acceptors (Lipinski definition) is 7. The van der Waals surface area contributed by atoms with Crippen LogP contribution in [0.2, 0.25) is 0 Å². The van der Waals surface area contributed by atoms with E-state index in [1.807, 2.05) is 4.98 Å². The number of nitrogens with zero attached hydrogens (tertiary/aromatic N) is 1. The molecule has 1 unspecified atom stereocenters. The number of aliphatic hydroxyl groups excluding tert-OH is 3. The fourth-order valence-corrected chi connectivity index (χ4v) is 2.36. The predicted molar refractivity (Wildman–Crippen MR) is 81.1 cm³/mol. The molecule has 1 amide bonds. The summed E-state index contributed by atoms with van der Waals surface area (Å²) in [6.07, 6.45) is -5.03. The Morgan fingerprint density at radius 3 is 2.62 bits per heavy atom. The number of aromatic amines is 1. The molecule has 0 aliphatic carbocycles. The zero-order valence-electron chi connectivity index (χ0n) is 13.2. The molecule has 24 heavy (non-hydrogen) atoms. The second kappa shape index (κ2) is 7.26. The fourth-order valence-electron chi connectivity index (χ4n) is 2.36. The van der Waals surface area contributed by atoms with Crippen LogP contribution in [0.1, 0.15) is 20.1 Å². The van der Waals surface area contributed by atoms with E-state index in [1.54, 1.807) is 13.8 Å². The highest BCUT2D eigenvalue weighted by molar-refractivity contribution is 5.80. The monoisotopic (exact) mass is 343 g/mol. The number of ether oxygens (including phenoxy) is 1. The normalized spacial score (nSPS) is 28.1. The number of nitrogens with one attached hydrogen (secondary N) is 2. The number of rotatable bonds is 5. The summed E-state index contributed by atoms with van der Waals surface area (Å²) < 4.78 is 6.37. The zero-order valence-corrected chi connectivity index (χ0v) is 13.2. The quantitative estimate of drug-likeness (QED) is 0.389. The van der Waals surface area contributed by atoms with E-state index in [1.165, 1.54) is 0 Å². The second-order valence-corrected chi connectivity index (χ2v) is 6.00. The number of H-pyrrole nitrogens is 1. The minimum Gasteiger partial charge on any atom is -0.387 e. The number of amides is 1. The van der Waals surface area contributed by atoms with Crippen LogP contribution in [0.5, 0.6) is 0 Å². The third-order valence-electron chi connectivity index (χ3n) is 3.84. The van der Waals surface area contributed by atoms with Crippen LogP contribution in [0.3, 0.4) is 0 Å². The summed E-state index contributed by atoms with van der Waals surface area (Å²) in [5, 5.41) is 32.1. The Morgan fingerprint density at radius 2 is 2.04 bits per heavy atom. The average molecular weight is 343 g/mol. The fraction of sp³-hybridized carbons (Fsp3) is 0.643. The topological polar surface area (TPSA) is 154 Å². The van der Waals surface area contributed by atoms with Gasteiger partial charge in [0, 0.05) is 18.8 Å². The lowest BCUT2D eigenvalue weighted by Crippen LogP contribution is -2.44. The van der Waals surface area contributed by atoms with E-state index in [0.29, 0.717) is 0 Å². The molecular formula is C14H21N3O7. The zero-order chi connectivity index (χ0) is 18.0. The van der Waals surface area contributed by atoms with Crippen molar-refractivity contribution < 1.29 is 24.9 Å². The van der Waals surface area contributed by atoms with Crippen LogP contribution in [-0.2, 0) is 9.53 Å². The first kappa shape index (κ1) is 18.3. The lowest BCUT2D eigenvalue weighted by molar-refractivity contribution is -0.132. The highest BCUT2D eigenvalue weighted by atomic mass is 16.6. The molecule has 0 aromatic carbocycles. The molecule has 5 N–H and O–H groups in total. The largest absolute Gasteiger partial charge is 0.387 e. The molecule has 1 aliphatic rings. The van der Waals surface area contributed by atoms with Gasteiger partial charge in [-0.05, 0) is 5.92 Å². The van der Waals surface area contributed by atoms with Gasteiger partial charge < -0.3 is 25.4 Å². The third-order valence-corrected chi connectivity index (χ3v) is 3.84. The van der Waals surface area contributed by atoms with Crippen molar-refractivity contribution in [3.05, 3.63) is 33.1 Å². The summed E-state index contributed by atoms with van der Waals surface area (Å²) in [5.74, 6) is -0.905. The maximum atomic E-state index is 11.7. The van der Waals surface area contributed by atoms with E-state index in [0.717, 1.165) is 16.8 Å². The van der Waals surface area contributed by atoms with Gasteiger partial charge in [-0.25, -0.2) is 4.79 Å². The Labute approximate surface area is 136 Å². The molecule has 134 valence electrons. The summed E-state index contributed by atoms with van der Waals surface area (Å²) >= 11 is 0. The molecule has 0 saturated carbocycles. The van der Waals surface area contributed by atoms with Crippen molar-refractivity contribution in [2.45, 2.75) is 44.5 Å². The minimum atomic E-state index is -1.43. The molecule has 1 aliphatic heterocycles. The van der Waals surface area contributed by atoms with Crippen LogP contribution in [0.25, 0.3) is 0 Å². The summed E-state index contributed by atoms with van der Waals surface area (Å²) in [6.45, 7) is 3.19. The van der Waals surface area contributed by atoms with Crippen molar-refractivity contribution in [2.24, 2.45) is 5.92 Å². The number of carbonyl (C=O) groups excluding carboxylic acids is 1. The first-order chi connectivity index (χ1) is 11.2. The van der Waals surface area contributed by atoms with E-state index in [9.17, 15) is 29.7 Å². The van der Waals surface area contributed by atoms with E-state index in [2.05, 4.69) is 5.32 Å². The standard InChI is InChI=1S/C14H21N3O7/c1-6(2)9(19)12(22)15-5-7-10(20)11(21)13(24-7)17-4-3-8(18)16-14(17)23/h3-4,6-7,9-11,13,19-21H,5H2,1-2H3,(H,15,22)(H,16,18,23)/t7-,9?,10-,11+,13-/m1/s1. The molecule has 1 aromatic heterocycles. The van der Waals surface area contributed by atoms with Crippen LogP contribution >= 0.6 is 0 Å². The molecule has 2 heterocycles. The number of aromatic nitrogens is 2. The van der Waals surface area contributed by atoms with Gasteiger partial charge in [0.25, 0.3) is 5.56 Å². The van der Waals surface area contributed by atoms with Gasteiger partial charge in [-0.15, -0.1) is 0 Å². The van der Waals surface area contributed by atoms with Gasteiger partial charge >= 0.3 is 5.69 Å². The maximum Gasteiger partial charge on any atom is 0.330 e. The summed E-state index contributed by atoms with van der Waals surface area (Å²) in [7, 11) is 0. The van der Waals surface area contributed by atoms with Gasteiger partial charge in [-0.3, -0.25) is 19.1 Å². The number of carbonyl (C=O) groups is 1. The average Bonchev–Trinajstić information content (AvgIpc) is 2.80. The van der Waals surface area contributed by atoms with Crippen molar-refractivity contribution in [1.82, 2.24) is 14.9 Å². The van der Waals surface area contributed by atoms with Gasteiger partial charge in [0.05, 0.1) is 0 Å². The SMILES string of the molecule is CC(C)C(O)C(=O)NC[C@H]1O[C@@H](n2ccc(=O)[nH]c2=O)[C@@H](O)[C@@H]1O. The lowest BCUT2D eigenvalue weighted by Gasteiger charge is -2.18. The molecule has 0 bridgehead atoms. The van der Waals surface area contributed by atoms with E-state index in [-0.39, 0.29) is 12.5 Å². The van der Waals surface area contributed by atoms with E-state index in [4.69, 9.17) is 4.74 Å². The molecule has 1 saturated heterocycles. The van der Waals surface area contributed by atoms with Crippen LogP contribution in [0.4, 0.5) is 0 Å². The summed E-state index contributed by atoms with van der Waals surface area (Å²) in [4.78, 5) is 36.6. The maximum absolute atomic E-state index is 11.7. The molecule has 0 spiro atoms. The van der Waals surface area contributed by atoms with Crippen molar-refractivity contribution in [1.29, 1.82) is 0 Å². The van der Waals surface area contributed by atoms with Gasteiger partial charge in [-0.1, -0.05) is 13.8 Å². The third kappa shape index (κ3) is 3.73. The molecule has 2 rings (SSSR count). The van der Waals surface area contributed by atoms with Gasteiger partial charge in [0.1, 0.15) is 24.4 Å². The lowest BCUT2D eigenvalue weighted by atomic mass is 10.1. The van der Waals surface area contributed by atoms with Crippen LogP contribution in [-0.4, -0.2) is 61.7 Å². The van der Waals surface area contributed by atoms with Crippen LogP contribution < -0.4 is 16.6 Å². The van der Waals surface area contributed by atoms with Gasteiger partial charge in [0.2, 0.25) is 5.91 Å². The molecule has 10 nitrogen and oxygen atoms in total. The highest BCUT2D eigenvalue weighted by Crippen LogP contribution is 2.27. The predicted octanol–water partition coefficient (Wildman–Crippen LogP) is -2.71. The molecule has 1 aromatic rings. The molecule has 5 atom stereocenters. The number of hydrogen-bond donors (Lipinski definition) is 5. The first-order valence-electron chi connectivity index (χ1n) is 7.51. The van der Waals surface area contributed by atoms with Gasteiger partial charge in [0.15, 0.2) is 6.23 Å². The first-order valence-corrected chi connectivity index (χ1v) is 7.51. The Kier molecular flexibility index (Phi) is 5.54. The Bertz CT molecular complexity index is 698. The summed E-state index contributed by atoms with van der Waals surface area (Å²) in [5.41, 5.74) is -1.39. The molecule has 0 radical (unpaired) electrons. The van der Waals surface area contributed by atoms with Crippen LogP contribution in [0.15, 0.2) is 21.9 Å². The van der Waals surface area contributed by atoms with Gasteiger partial charge in [-0.2, -0.15) is 0 Å². The van der Waals surface area contributed by atoms with Crippen molar-refractivity contribution in [3.63, 3.8) is 0 Å². The number of aliphatic hydroxyl groups is 3. The summed E-state index contributed by atoms with van der Waals surface area (Å²) in [6, 6.07) is 1.08. The van der Waals surface area contributed by atoms with E-state index >= 15 is 0 Å². The van der Waals surface area contributed by atoms with Crippen molar-refractivity contribution in [2.75, 3.05) is 6.54 Å². The Morgan fingerprint density at radius 1 is 1.38 bits per heavy atom. The smallest absolute Gasteiger partial charge is 0.330 e. The van der Waals surface area contributed by atoms with E-state index < -0.39 is 47.8 Å². The second-order valence-electron chi connectivity index (χ2n) is 6.00. The highest BCUT2D eigenvalue weighted by Gasteiger charge is 2.44. The molecule has 1 fully saturated rings. The Hall–Kier alpha value is -2.01. The van der Waals surface area contributed by atoms with Crippen LogP contribution in [0, 0.1) is 5.92 Å². The minimum absolute atomic E-state index is 0.157. The molecule has 10 heteroatoms. The van der Waals surface area contributed by atoms with Crippen molar-refractivity contribution in [3.8, 4) is 0 Å². The molecular weight excluding hydrogens is 322 g/mol. The Balaban J connectivity index is 2.06. The van der Waals surface area contributed by atoms with Crippen molar-refractivity contribution >= 4 is 5.91 Å².